The molecule has 0 amide bonds. The normalized spacial score (nSPS) is 12.2. The van der Waals surface area contributed by atoms with Crippen molar-refractivity contribution in [1.29, 1.82) is 0 Å². The molecule has 0 aliphatic carbocycles. The van der Waals surface area contributed by atoms with Crippen molar-refractivity contribution in [3.8, 4) is 5.69 Å². The van der Waals surface area contributed by atoms with Crippen molar-refractivity contribution in [2.24, 2.45) is 0 Å². The van der Waals surface area contributed by atoms with Crippen LogP contribution in [0.15, 0.2) is 29.4 Å². The lowest BCUT2D eigenvalue weighted by Gasteiger charge is -2.20. The van der Waals surface area contributed by atoms with Crippen molar-refractivity contribution in [3.63, 3.8) is 0 Å². The molecule has 0 radical (unpaired) electrons. The van der Waals surface area contributed by atoms with E-state index in [1.54, 1.807) is 32.9 Å². The van der Waals surface area contributed by atoms with Gasteiger partial charge in [0, 0.05) is 22.1 Å². The molecule has 2 heterocycles. The number of H-pyrrole nitrogens is 1. The molecule has 0 fully saturated rings. The van der Waals surface area contributed by atoms with Crippen molar-refractivity contribution in [2.75, 3.05) is 26.5 Å². The number of rotatable bonds is 9. The number of ether oxygens (including phenoxy) is 1. The average Bonchev–Trinajstić information content (AvgIpc) is 3.32. The van der Waals surface area contributed by atoms with Crippen molar-refractivity contribution < 1.29 is 14.3 Å². The molecule has 3 aromatic rings. The molecule has 1 N–H and O–H groups in total. The quantitative estimate of drug-likeness (QED) is 0.266. The predicted molar refractivity (Wildman–Crippen MR) is 130 cm³/mol. The van der Waals surface area contributed by atoms with Crippen LogP contribution in [0, 0.1) is 13.8 Å². The van der Waals surface area contributed by atoms with Gasteiger partial charge in [-0.2, -0.15) is 0 Å². The van der Waals surface area contributed by atoms with Gasteiger partial charge in [0.05, 0.1) is 29.5 Å². The molecule has 8 nitrogen and oxygen atoms in total. The molecule has 1 aromatic carbocycles. The number of hydrogen-bond donors (Lipinski definition) is 1. The Morgan fingerprint density at radius 3 is 2.39 bits per heavy atom. The first-order valence-corrected chi connectivity index (χ1v) is 11.9. The fourth-order valence-corrected chi connectivity index (χ4v) is 4.46. The van der Waals surface area contributed by atoms with Gasteiger partial charge in [0.1, 0.15) is 0 Å². The topological polar surface area (TPSA) is 93.1 Å². The number of carbonyl (C=O) groups excluding carboxylic acids is 2. The molecule has 0 bridgehead atoms. The van der Waals surface area contributed by atoms with Crippen molar-refractivity contribution in [3.05, 3.63) is 57.6 Å². The van der Waals surface area contributed by atoms with E-state index in [0.717, 1.165) is 11.5 Å². The highest BCUT2D eigenvalue weighted by Crippen LogP contribution is 2.29. The number of aryl methyl sites for hydroxylation is 2. The minimum atomic E-state index is -0.501. The molecule has 0 unspecified atom stereocenters. The largest absolute Gasteiger partial charge is 0.462 e. The van der Waals surface area contributed by atoms with Gasteiger partial charge in [-0.05, 0) is 66.1 Å². The SMILES string of the molecule is CCOC(=O)c1c(C)[nH]c(C)c1C(=O)CSc1nnc([C@H](C)N(C)C)n1-c1ccc(Cl)cc1. The van der Waals surface area contributed by atoms with E-state index in [4.69, 9.17) is 16.3 Å². The second-order valence-corrected chi connectivity index (χ2v) is 9.23. The molecule has 2 aromatic heterocycles. The summed E-state index contributed by atoms with van der Waals surface area (Å²) in [6.07, 6.45) is 0. The number of carbonyl (C=O) groups is 2. The number of Topliss-reactive ketones (excluding diaryl/α,β-unsaturated/α-hetero) is 1. The molecule has 0 aliphatic rings. The van der Waals surface area contributed by atoms with E-state index >= 15 is 0 Å². The summed E-state index contributed by atoms with van der Waals surface area (Å²) < 4.78 is 7.09. The second-order valence-electron chi connectivity index (χ2n) is 7.85. The minimum Gasteiger partial charge on any atom is -0.462 e. The molecular weight excluding hydrogens is 462 g/mol. The van der Waals surface area contributed by atoms with Gasteiger partial charge in [0.15, 0.2) is 16.8 Å². The first kappa shape index (κ1) is 25.0. The van der Waals surface area contributed by atoms with Gasteiger partial charge >= 0.3 is 5.97 Å². The second kappa shape index (κ2) is 10.5. The van der Waals surface area contributed by atoms with Gasteiger partial charge in [0.25, 0.3) is 0 Å². The van der Waals surface area contributed by atoms with E-state index in [-0.39, 0.29) is 24.2 Å². The van der Waals surface area contributed by atoms with Crippen LogP contribution in [-0.4, -0.2) is 62.9 Å². The maximum Gasteiger partial charge on any atom is 0.340 e. The highest BCUT2D eigenvalue weighted by atomic mass is 35.5. The molecule has 0 saturated heterocycles. The summed E-state index contributed by atoms with van der Waals surface area (Å²) in [5.74, 6) is 0.155. The van der Waals surface area contributed by atoms with E-state index < -0.39 is 5.97 Å². The van der Waals surface area contributed by atoms with Gasteiger partial charge in [-0.3, -0.25) is 14.3 Å². The molecule has 10 heteroatoms. The maximum absolute atomic E-state index is 13.2. The minimum absolute atomic E-state index is 0.0109. The van der Waals surface area contributed by atoms with Crippen LogP contribution in [0.1, 0.15) is 57.8 Å². The van der Waals surface area contributed by atoms with Gasteiger partial charge in [-0.25, -0.2) is 4.79 Å². The third-order valence-electron chi connectivity index (χ3n) is 5.36. The first-order chi connectivity index (χ1) is 15.6. The summed E-state index contributed by atoms with van der Waals surface area (Å²) in [5, 5.41) is 9.98. The van der Waals surface area contributed by atoms with Crippen LogP contribution >= 0.6 is 23.4 Å². The summed E-state index contributed by atoms with van der Waals surface area (Å²) in [5.41, 5.74) is 2.76. The lowest BCUT2D eigenvalue weighted by Crippen LogP contribution is -2.20. The summed E-state index contributed by atoms with van der Waals surface area (Å²) in [4.78, 5) is 30.8. The number of aromatic amines is 1. The van der Waals surface area contributed by atoms with E-state index in [1.165, 1.54) is 11.8 Å². The summed E-state index contributed by atoms with van der Waals surface area (Å²) in [6.45, 7) is 7.55. The lowest BCUT2D eigenvalue weighted by atomic mass is 10.1. The molecule has 33 heavy (non-hydrogen) atoms. The van der Waals surface area contributed by atoms with Crippen molar-refractivity contribution >= 4 is 35.1 Å². The number of halogens is 1. The van der Waals surface area contributed by atoms with E-state index in [9.17, 15) is 9.59 Å². The molecule has 0 aliphatic heterocycles. The highest BCUT2D eigenvalue weighted by Gasteiger charge is 2.27. The van der Waals surface area contributed by atoms with E-state index in [2.05, 4.69) is 15.2 Å². The smallest absolute Gasteiger partial charge is 0.340 e. The Morgan fingerprint density at radius 2 is 1.79 bits per heavy atom. The summed E-state index contributed by atoms with van der Waals surface area (Å²) >= 11 is 7.35. The van der Waals surface area contributed by atoms with Gasteiger partial charge < -0.3 is 9.72 Å². The Kier molecular flexibility index (Phi) is 7.99. The van der Waals surface area contributed by atoms with Crippen LogP contribution in [-0.2, 0) is 4.74 Å². The van der Waals surface area contributed by atoms with Crippen LogP contribution in [0.5, 0.6) is 0 Å². The fourth-order valence-electron chi connectivity index (χ4n) is 3.50. The number of nitrogens with zero attached hydrogens (tertiary/aromatic N) is 4. The standard InChI is InChI=1S/C23H28ClN5O3S/c1-7-32-22(31)20-14(3)25-13(2)19(20)18(30)12-33-23-27-26-21(15(4)28(5)6)29(23)17-10-8-16(24)9-11-17/h8-11,15,25H,7,12H2,1-6H3/t15-/m0/s1. The Labute approximate surface area is 202 Å². The number of aromatic nitrogens is 4. The van der Waals surface area contributed by atoms with Crippen LogP contribution in [0.2, 0.25) is 5.02 Å². The van der Waals surface area contributed by atoms with Crippen molar-refractivity contribution in [2.45, 2.75) is 38.9 Å². The van der Waals surface area contributed by atoms with E-state index in [1.807, 2.05) is 42.6 Å². The number of hydrogen-bond acceptors (Lipinski definition) is 7. The van der Waals surface area contributed by atoms with Crippen LogP contribution in [0.3, 0.4) is 0 Å². The molecule has 1 atom stereocenters. The Bertz CT molecular complexity index is 1150. The molecule has 176 valence electrons. The zero-order valence-corrected chi connectivity index (χ0v) is 21.2. The average molecular weight is 490 g/mol. The van der Waals surface area contributed by atoms with Gasteiger partial charge in [0.2, 0.25) is 0 Å². The predicted octanol–water partition coefficient (Wildman–Crippen LogP) is 4.64. The fraction of sp³-hybridized carbons (Fsp3) is 0.391. The Hall–Kier alpha value is -2.62. The van der Waals surface area contributed by atoms with Gasteiger partial charge in [-0.15, -0.1) is 10.2 Å². The van der Waals surface area contributed by atoms with Crippen LogP contribution < -0.4 is 0 Å². The summed E-state index contributed by atoms with van der Waals surface area (Å²) in [6, 6.07) is 7.38. The van der Waals surface area contributed by atoms with Gasteiger partial charge in [-0.1, -0.05) is 23.4 Å². The highest BCUT2D eigenvalue weighted by molar-refractivity contribution is 7.99. The van der Waals surface area contributed by atoms with Crippen LogP contribution in [0.4, 0.5) is 0 Å². The third kappa shape index (κ3) is 5.31. The Balaban J connectivity index is 1.93. The number of ketones is 1. The third-order valence-corrected chi connectivity index (χ3v) is 6.54. The summed E-state index contributed by atoms with van der Waals surface area (Å²) in [7, 11) is 3.94. The lowest BCUT2D eigenvalue weighted by molar-refractivity contribution is 0.0522. The number of thioether (sulfide) groups is 1. The molecular formula is C23H28ClN5O3S. The molecule has 3 rings (SSSR count). The van der Waals surface area contributed by atoms with Crippen molar-refractivity contribution in [1.82, 2.24) is 24.6 Å². The number of nitrogens with one attached hydrogen (secondary N) is 1. The van der Waals surface area contributed by atoms with Crippen LogP contribution in [0.25, 0.3) is 5.69 Å². The Morgan fingerprint density at radius 1 is 1.15 bits per heavy atom. The zero-order chi connectivity index (χ0) is 24.3. The molecule has 0 saturated carbocycles. The maximum atomic E-state index is 13.2. The molecule has 0 spiro atoms. The monoisotopic (exact) mass is 489 g/mol. The number of esters is 1. The number of benzene rings is 1. The van der Waals surface area contributed by atoms with E-state index in [0.29, 0.717) is 32.7 Å². The zero-order valence-electron chi connectivity index (χ0n) is 19.6. The first-order valence-electron chi connectivity index (χ1n) is 10.6.